The van der Waals surface area contributed by atoms with E-state index in [0.717, 1.165) is 10.8 Å². The van der Waals surface area contributed by atoms with E-state index in [1.165, 1.54) is 6.07 Å². The number of hydrogen-bond donors (Lipinski definition) is 1. The van der Waals surface area contributed by atoms with Gasteiger partial charge in [-0.15, -0.1) is 4.13 Å². The smallest absolute Gasteiger partial charge is 0.206 e. The summed E-state index contributed by atoms with van der Waals surface area (Å²) in [5, 5.41) is 1.82. The molecule has 3 aromatic rings. The van der Waals surface area contributed by atoms with Crippen LogP contribution in [0.3, 0.4) is 0 Å². The highest BCUT2D eigenvalue weighted by molar-refractivity contribution is 8.07. The summed E-state index contributed by atoms with van der Waals surface area (Å²) in [6.07, 6.45) is 0. The van der Waals surface area contributed by atoms with Crippen molar-refractivity contribution in [2.45, 2.75) is 9.79 Å². The highest BCUT2D eigenvalue weighted by atomic mass is 32.3. The van der Waals surface area contributed by atoms with Crippen molar-refractivity contribution in [3.63, 3.8) is 0 Å². The third-order valence-electron chi connectivity index (χ3n) is 3.84. The Hall–Kier alpha value is -2.22. The van der Waals surface area contributed by atoms with Crippen molar-refractivity contribution in [3.8, 4) is 11.1 Å². The topological polar surface area (TPSA) is 80.3 Å². The minimum absolute atomic E-state index is 0.184. The van der Waals surface area contributed by atoms with Crippen LogP contribution in [0.2, 0.25) is 0 Å². The molecular formula is C16H11NO4S2. The molecule has 1 aliphatic heterocycles. The molecular weight excluding hydrogens is 334 g/mol. The van der Waals surface area contributed by atoms with Crippen molar-refractivity contribution >= 4 is 30.8 Å². The van der Waals surface area contributed by atoms with Gasteiger partial charge in [0, 0.05) is 5.56 Å². The first kappa shape index (κ1) is 14.4. The number of benzene rings is 3. The third-order valence-corrected chi connectivity index (χ3v) is 7.62. The Kier molecular flexibility index (Phi) is 2.90. The normalized spacial score (nSPS) is 17.9. The van der Waals surface area contributed by atoms with Gasteiger partial charge in [0.25, 0.3) is 20.0 Å². The van der Waals surface area contributed by atoms with Gasteiger partial charge in [-0.1, -0.05) is 54.6 Å². The fraction of sp³-hybridized carbons (Fsp3) is 0. The van der Waals surface area contributed by atoms with E-state index in [4.69, 9.17) is 0 Å². The molecule has 0 saturated heterocycles. The van der Waals surface area contributed by atoms with Crippen LogP contribution in [0.4, 0.5) is 0 Å². The van der Waals surface area contributed by atoms with E-state index in [0.29, 0.717) is 11.1 Å². The summed E-state index contributed by atoms with van der Waals surface area (Å²) < 4.78 is 50.4. The van der Waals surface area contributed by atoms with Crippen molar-refractivity contribution in [2.24, 2.45) is 0 Å². The molecule has 1 aliphatic rings. The predicted molar refractivity (Wildman–Crippen MR) is 86.9 cm³/mol. The molecule has 0 spiro atoms. The first-order valence-corrected chi connectivity index (χ1v) is 9.76. The Labute approximate surface area is 133 Å². The zero-order valence-corrected chi connectivity index (χ0v) is 13.4. The average molecular weight is 345 g/mol. The molecule has 0 radical (unpaired) electrons. The number of rotatable bonds is 1. The van der Waals surface area contributed by atoms with Crippen LogP contribution in [0.15, 0.2) is 70.5 Å². The van der Waals surface area contributed by atoms with E-state index in [1.807, 2.05) is 36.4 Å². The SMILES string of the molecule is O=S1(=O)NS(=O)(=O)c2c(-c3cccc4ccccc34)cccc21. The van der Waals surface area contributed by atoms with Gasteiger partial charge in [0.15, 0.2) is 0 Å². The van der Waals surface area contributed by atoms with Crippen LogP contribution < -0.4 is 4.13 Å². The maximum Gasteiger partial charge on any atom is 0.255 e. The maximum atomic E-state index is 12.3. The molecule has 116 valence electrons. The Morgan fingerprint density at radius 2 is 1.30 bits per heavy atom. The summed E-state index contributed by atoms with van der Waals surface area (Å²) in [4.78, 5) is -0.390. The second-order valence-electron chi connectivity index (χ2n) is 5.25. The minimum Gasteiger partial charge on any atom is -0.206 e. The Morgan fingerprint density at radius 3 is 2.13 bits per heavy atom. The first-order valence-electron chi connectivity index (χ1n) is 6.80. The van der Waals surface area contributed by atoms with Crippen LogP contribution >= 0.6 is 0 Å². The highest BCUT2D eigenvalue weighted by Gasteiger charge is 2.40. The lowest BCUT2D eigenvalue weighted by Gasteiger charge is -2.09. The van der Waals surface area contributed by atoms with Gasteiger partial charge < -0.3 is 0 Å². The van der Waals surface area contributed by atoms with E-state index in [9.17, 15) is 16.8 Å². The maximum absolute atomic E-state index is 12.3. The summed E-state index contributed by atoms with van der Waals surface area (Å²) in [6, 6.07) is 17.6. The monoisotopic (exact) mass is 345 g/mol. The van der Waals surface area contributed by atoms with Crippen LogP contribution in [-0.4, -0.2) is 16.8 Å². The van der Waals surface area contributed by atoms with Crippen LogP contribution in [0, 0.1) is 0 Å². The zero-order chi connectivity index (χ0) is 16.2. The highest BCUT2D eigenvalue weighted by Crippen LogP contribution is 2.39. The van der Waals surface area contributed by atoms with Crippen LogP contribution in [0.25, 0.3) is 21.9 Å². The second kappa shape index (κ2) is 4.64. The zero-order valence-electron chi connectivity index (χ0n) is 11.7. The lowest BCUT2D eigenvalue weighted by molar-refractivity contribution is 0.586. The fourth-order valence-electron chi connectivity index (χ4n) is 2.91. The van der Waals surface area contributed by atoms with Gasteiger partial charge in [-0.25, -0.2) is 16.8 Å². The summed E-state index contributed by atoms with van der Waals surface area (Å²) in [6.45, 7) is 0. The fourth-order valence-corrected chi connectivity index (χ4v) is 6.83. The molecule has 0 unspecified atom stereocenters. The molecule has 7 heteroatoms. The summed E-state index contributed by atoms with van der Waals surface area (Å²) >= 11 is 0. The van der Waals surface area contributed by atoms with Crippen LogP contribution in [0.1, 0.15) is 0 Å². The Balaban J connectivity index is 2.16. The van der Waals surface area contributed by atoms with Gasteiger partial charge in [-0.3, -0.25) is 0 Å². The molecule has 1 N–H and O–H groups in total. The summed E-state index contributed by atoms with van der Waals surface area (Å²) in [5.74, 6) is 0. The standard InChI is InChI=1S/C16H11NO4S2/c18-22(19)15-10-4-9-14(16(15)23(20,21)17-22)13-8-3-6-11-5-1-2-7-12(11)13/h1-10,17H. The van der Waals surface area contributed by atoms with E-state index < -0.39 is 20.0 Å². The molecule has 0 saturated carbocycles. The summed E-state index contributed by atoms with van der Waals surface area (Å²) in [5.41, 5.74) is 1.07. The van der Waals surface area contributed by atoms with Gasteiger partial charge in [-0.2, -0.15) is 0 Å². The molecule has 0 fully saturated rings. The average Bonchev–Trinajstić information content (AvgIpc) is 2.72. The lowest BCUT2D eigenvalue weighted by Crippen LogP contribution is -2.21. The number of hydrogen-bond acceptors (Lipinski definition) is 4. The van der Waals surface area contributed by atoms with Crippen LogP contribution in [-0.2, 0) is 20.0 Å². The molecule has 0 aromatic heterocycles. The van der Waals surface area contributed by atoms with Crippen LogP contribution in [0.5, 0.6) is 0 Å². The lowest BCUT2D eigenvalue weighted by atomic mass is 9.98. The Morgan fingerprint density at radius 1 is 0.652 bits per heavy atom. The molecule has 4 rings (SSSR count). The molecule has 3 aromatic carbocycles. The van der Waals surface area contributed by atoms with E-state index in [2.05, 4.69) is 0 Å². The molecule has 0 amide bonds. The van der Waals surface area contributed by atoms with Gasteiger partial charge in [0.1, 0.15) is 9.79 Å². The number of sulfonamides is 2. The molecule has 0 aliphatic carbocycles. The first-order chi connectivity index (χ1) is 10.9. The second-order valence-corrected chi connectivity index (χ2v) is 8.78. The van der Waals surface area contributed by atoms with Gasteiger partial charge in [-0.05, 0) is 22.4 Å². The van der Waals surface area contributed by atoms with E-state index in [-0.39, 0.29) is 9.79 Å². The van der Waals surface area contributed by atoms with Crippen molar-refractivity contribution in [1.82, 2.24) is 4.13 Å². The number of nitrogens with one attached hydrogen (secondary N) is 1. The summed E-state index contributed by atoms with van der Waals surface area (Å²) in [7, 11) is -8.13. The molecule has 0 atom stereocenters. The van der Waals surface area contributed by atoms with Gasteiger partial charge in [0.2, 0.25) is 0 Å². The molecule has 0 bridgehead atoms. The van der Waals surface area contributed by atoms with E-state index in [1.54, 1.807) is 22.3 Å². The molecule has 1 heterocycles. The van der Waals surface area contributed by atoms with Crippen molar-refractivity contribution < 1.29 is 16.8 Å². The quantitative estimate of drug-likeness (QED) is 0.735. The largest absolute Gasteiger partial charge is 0.255 e. The van der Waals surface area contributed by atoms with Crippen molar-refractivity contribution in [1.29, 1.82) is 0 Å². The third kappa shape index (κ3) is 2.08. The molecule has 23 heavy (non-hydrogen) atoms. The van der Waals surface area contributed by atoms with E-state index >= 15 is 0 Å². The van der Waals surface area contributed by atoms with Gasteiger partial charge >= 0.3 is 0 Å². The molecule has 5 nitrogen and oxygen atoms in total. The van der Waals surface area contributed by atoms with Gasteiger partial charge in [0.05, 0.1) is 0 Å². The minimum atomic E-state index is -4.10. The predicted octanol–water partition coefficient (Wildman–Crippen LogP) is 2.49. The Bertz CT molecular complexity index is 1160. The van der Waals surface area contributed by atoms with Crippen molar-refractivity contribution in [2.75, 3.05) is 0 Å². The van der Waals surface area contributed by atoms with Crippen molar-refractivity contribution in [3.05, 3.63) is 60.7 Å². The number of fused-ring (bicyclic) bond motifs is 2.